The van der Waals surface area contributed by atoms with Crippen LogP contribution in [0.5, 0.6) is 0 Å². The van der Waals surface area contributed by atoms with Gasteiger partial charge in [-0.2, -0.15) is 0 Å². The molecule has 0 bridgehead atoms. The van der Waals surface area contributed by atoms with Crippen molar-refractivity contribution in [1.82, 2.24) is 0 Å². The lowest BCUT2D eigenvalue weighted by atomic mass is 10.0. The van der Waals surface area contributed by atoms with Crippen LogP contribution in [0.15, 0.2) is 0 Å². The molecule has 17 nitrogen and oxygen atoms in total. The van der Waals surface area contributed by atoms with Crippen molar-refractivity contribution in [3.63, 3.8) is 0 Å². The first-order valence-corrected chi connectivity index (χ1v) is 41.2. The van der Waals surface area contributed by atoms with E-state index in [1.165, 1.54) is 167 Å². The fraction of sp³-hybridized carbons (Fsp3) is 0.946. The molecule has 0 radical (unpaired) electrons. The van der Waals surface area contributed by atoms with Crippen LogP contribution < -0.4 is 0 Å². The van der Waals surface area contributed by atoms with Gasteiger partial charge in [0.05, 0.1) is 26.4 Å². The van der Waals surface area contributed by atoms with Gasteiger partial charge in [0.1, 0.15) is 19.3 Å². The van der Waals surface area contributed by atoms with Crippen molar-refractivity contribution >= 4 is 39.5 Å². The third-order valence-corrected chi connectivity index (χ3v) is 19.0. The lowest BCUT2D eigenvalue weighted by Crippen LogP contribution is -2.30. The van der Waals surface area contributed by atoms with Crippen LogP contribution in [0, 0.1) is 23.7 Å². The minimum atomic E-state index is -4.96. The summed E-state index contributed by atoms with van der Waals surface area (Å²) in [4.78, 5) is 72.7. The summed E-state index contributed by atoms with van der Waals surface area (Å²) in [5.74, 6) is 0.870. The van der Waals surface area contributed by atoms with Crippen molar-refractivity contribution in [3.05, 3.63) is 0 Å². The number of aliphatic hydroxyl groups is 1. The molecular weight excluding hydrogens is 1220 g/mol. The zero-order valence-corrected chi connectivity index (χ0v) is 62.7. The van der Waals surface area contributed by atoms with Gasteiger partial charge in [0, 0.05) is 25.7 Å². The average molecular weight is 1370 g/mol. The number of hydrogen-bond acceptors (Lipinski definition) is 15. The molecule has 0 aromatic carbocycles. The lowest BCUT2D eigenvalue weighted by molar-refractivity contribution is -0.161. The van der Waals surface area contributed by atoms with Crippen LogP contribution in [0.3, 0.4) is 0 Å². The molecule has 5 atom stereocenters. The molecule has 0 aromatic rings. The van der Waals surface area contributed by atoms with E-state index in [-0.39, 0.29) is 25.7 Å². The Bertz CT molecular complexity index is 1830. The van der Waals surface area contributed by atoms with E-state index in [9.17, 15) is 43.2 Å². The molecule has 0 heterocycles. The zero-order valence-electron chi connectivity index (χ0n) is 60.9. The van der Waals surface area contributed by atoms with Crippen LogP contribution in [-0.4, -0.2) is 96.7 Å². The second-order valence-corrected chi connectivity index (χ2v) is 31.5. The number of unbranched alkanes of at least 4 members (excludes halogenated alkanes) is 37. The first kappa shape index (κ1) is 91.1. The highest BCUT2D eigenvalue weighted by molar-refractivity contribution is 7.47. The summed E-state index contributed by atoms with van der Waals surface area (Å²) in [5.41, 5.74) is 0. The number of phosphoric acid groups is 2. The Hall–Kier alpha value is -1.94. The quantitative estimate of drug-likeness (QED) is 0.0222. The van der Waals surface area contributed by atoms with E-state index in [1.54, 1.807) is 0 Å². The van der Waals surface area contributed by atoms with E-state index in [2.05, 4.69) is 55.4 Å². The van der Waals surface area contributed by atoms with E-state index in [4.69, 9.17) is 37.0 Å². The molecule has 0 saturated carbocycles. The maximum Gasteiger partial charge on any atom is 0.472 e. The van der Waals surface area contributed by atoms with Gasteiger partial charge in [0.25, 0.3) is 0 Å². The lowest BCUT2D eigenvalue weighted by Gasteiger charge is -2.21. The molecule has 0 rings (SSSR count). The number of phosphoric ester groups is 2. The Morgan fingerprint density at radius 2 is 0.452 bits per heavy atom. The summed E-state index contributed by atoms with van der Waals surface area (Å²) < 4.78 is 68.4. The van der Waals surface area contributed by atoms with Crippen molar-refractivity contribution in [2.45, 2.75) is 388 Å². The Morgan fingerprint density at radius 1 is 0.269 bits per heavy atom. The van der Waals surface area contributed by atoms with E-state index < -0.39 is 97.5 Å². The Kier molecular flexibility index (Phi) is 62.2. The number of carbonyl (C=O) groups excluding carboxylic acids is 4. The molecular formula is C74H144O17P2. The molecule has 0 aliphatic carbocycles. The van der Waals surface area contributed by atoms with Crippen LogP contribution in [0.2, 0.25) is 0 Å². The van der Waals surface area contributed by atoms with Gasteiger partial charge < -0.3 is 33.8 Å². The van der Waals surface area contributed by atoms with Gasteiger partial charge >= 0.3 is 39.5 Å². The summed E-state index contributed by atoms with van der Waals surface area (Å²) in [6.07, 6.45) is 47.3. The fourth-order valence-electron chi connectivity index (χ4n) is 11.2. The van der Waals surface area contributed by atoms with Crippen LogP contribution in [0.4, 0.5) is 0 Å². The molecule has 3 N–H and O–H groups in total. The standard InChI is InChI=1S/C74H144O17P2/c1-64(2)50-42-34-26-20-15-11-9-10-12-17-23-30-40-48-56-74(79)91-70(61-85-72(77)55-47-39-33-32-37-45-53-67(7)8)63-89-93(82,83)87-59-68(75)58-86-92(80,81)88-62-69(60-84-71(76)54-46-38-29-25-19-22-28-36-44-52-66(5)6)90-73(78)57-49-41-31-24-18-14-13-16-21-27-35-43-51-65(3)4/h64-70,75H,9-63H2,1-8H3,(H,80,81)(H,82,83)/t68-,69-,70-/m1/s1. The predicted molar refractivity (Wildman–Crippen MR) is 377 cm³/mol. The Balaban J connectivity index is 5.23. The number of aliphatic hydroxyl groups excluding tert-OH is 1. The fourth-order valence-corrected chi connectivity index (χ4v) is 12.8. The summed E-state index contributed by atoms with van der Waals surface area (Å²) in [7, 11) is -9.91. The monoisotopic (exact) mass is 1370 g/mol. The molecule has 0 aliphatic rings. The maximum absolute atomic E-state index is 13.0. The number of rotatable bonds is 71. The van der Waals surface area contributed by atoms with Crippen molar-refractivity contribution in [1.29, 1.82) is 0 Å². The van der Waals surface area contributed by atoms with Crippen LogP contribution in [0.25, 0.3) is 0 Å². The maximum atomic E-state index is 13.0. The topological polar surface area (TPSA) is 237 Å². The van der Waals surface area contributed by atoms with E-state index in [0.717, 1.165) is 114 Å². The van der Waals surface area contributed by atoms with E-state index >= 15 is 0 Å². The molecule has 0 amide bonds. The molecule has 0 aromatic heterocycles. The summed E-state index contributed by atoms with van der Waals surface area (Å²) in [6.45, 7) is 14.1. The molecule has 0 spiro atoms. The Labute approximate surface area is 568 Å². The first-order valence-electron chi connectivity index (χ1n) is 38.2. The van der Waals surface area contributed by atoms with Crippen LogP contribution in [-0.2, 0) is 65.4 Å². The van der Waals surface area contributed by atoms with E-state index in [0.29, 0.717) is 31.6 Å². The molecule has 93 heavy (non-hydrogen) atoms. The molecule has 0 aliphatic heterocycles. The van der Waals surface area contributed by atoms with Gasteiger partial charge in [-0.05, 0) is 49.4 Å². The molecule has 0 saturated heterocycles. The third kappa shape index (κ3) is 68.4. The van der Waals surface area contributed by atoms with Gasteiger partial charge in [0.15, 0.2) is 12.2 Å². The number of hydrogen-bond donors (Lipinski definition) is 3. The van der Waals surface area contributed by atoms with Crippen molar-refractivity contribution < 1.29 is 80.2 Å². The Morgan fingerprint density at radius 3 is 0.667 bits per heavy atom. The SMILES string of the molecule is CC(C)CCCCCCCCCCCCCCCCC(=O)O[C@H](COC(=O)CCCCCCCCC(C)C)COP(=O)(O)OC[C@H](O)COP(=O)(O)OC[C@@H](COC(=O)CCCCCCCCCCCC(C)C)OC(=O)CCCCCCCCCCCCCCC(C)C. The van der Waals surface area contributed by atoms with Crippen molar-refractivity contribution in [2.24, 2.45) is 23.7 Å². The number of carbonyl (C=O) groups is 4. The zero-order chi connectivity index (χ0) is 68.9. The second kappa shape index (κ2) is 63.5. The van der Waals surface area contributed by atoms with Crippen molar-refractivity contribution in [3.8, 4) is 0 Å². The van der Waals surface area contributed by atoms with Crippen LogP contribution >= 0.6 is 15.6 Å². The average Bonchev–Trinajstić information content (AvgIpc) is 1.64. The minimum Gasteiger partial charge on any atom is -0.462 e. The van der Waals surface area contributed by atoms with Crippen molar-refractivity contribution in [2.75, 3.05) is 39.6 Å². The molecule has 19 heteroatoms. The largest absolute Gasteiger partial charge is 0.472 e. The summed E-state index contributed by atoms with van der Waals surface area (Å²) in [6, 6.07) is 0. The third-order valence-electron chi connectivity index (χ3n) is 17.1. The van der Waals surface area contributed by atoms with Gasteiger partial charge in [-0.25, -0.2) is 9.13 Å². The van der Waals surface area contributed by atoms with Gasteiger partial charge in [-0.1, -0.05) is 319 Å². The van der Waals surface area contributed by atoms with Crippen LogP contribution in [0.1, 0.15) is 370 Å². The molecule has 0 fully saturated rings. The van der Waals surface area contributed by atoms with Gasteiger partial charge in [-0.3, -0.25) is 37.3 Å². The number of ether oxygens (including phenoxy) is 4. The van der Waals surface area contributed by atoms with Gasteiger partial charge in [0.2, 0.25) is 0 Å². The molecule has 552 valence electrons. The first-order chi connectivity index (χ1) is 44.6. The molecule has 2 unspecified atom stereocenters. The minimum absolute atomic E-state index is 0.106. The predicted octanol–water partition coefficient (Wildman–Crippen LogP) is 21.3. The highest BCUT2D eigenvalue weighted by Crippen LogP contribution is 2.45. The summed E-state index contributed by atoms with van der Waals surface area (Å²) in [5, 5.41) is 10.6. The normalized spacial score (nSPS) is 14.2. The second-order valence-electron chi connectivity index (χ2n) is 28.6. The smallest absolute Gasteiger partial charge is 0.462 e. The summed E-state index contributed by atoms with van der Waals surface area (Å²) >= 11 is 0. The van der Waals surface area contributed by atoms with Gasteiger partial charge in [-0.15, -0.1) is 0 Å². The highest BCUT2D eigenvalue weighted by Gasteiger charge is 2.30. The van der Waals surface area contributed by atoms with E-state index in [1.807, 2.05) is 0 Å². The number of esters is 4. The highest BCUT2D eigenvalue weighted by atomic mass is 31.2.